The van der Waals surface area contributed by atoms with Gasteiger partial charge in [-0.2, -0.15) is 0 Å². The fourth-order valence-corrected chi connectivity index (χ4v) is 3.04. The minimum atomic E-state index is -0.911. The number of carbonyl (C=O) groups is 2. The van der Waals surface area contributed by atoms with E-state index >= 15 is 0 Å². The Kier molecular flexibility index (Phi) is 12.3. The minimum Gasteiger partial charge on any atom is -0.395 e. The zero-order valence-corrected chi connectivity index (χ0v) is 16.2. The SMILES string of the molecule is O=C(CCN(CCO)CCO)[C@H](Cc1ccccc1)C(=O)N(CCO)CCO. The number of carbonyl (C=O) groups excluding carboxylic acids is 2. The van der Waals surface area contributed by atoms with E-state index in [4.69, 9.17) is 10.2 Å². The summed E-state index contributed by atoms with van der Waals surface area (Å²) in [6, 6.07) is 9.23. The van der Waals surface area contributed by atoms with Crippen LogP contribution in [-0.4, -0.2) is 101 Å². The predicted octanol–water partition coefficient (Wildman–Crippen LogP) is -1.10. The van der Waals surface area contributed by atoms with E-state index in [-0.39, 0.29) is 58.1 Å². The zero-order chi connectivity index (χ0) is 20.8. The molecule has 8 nitrogen and oxygen atoms in total. The highest BCUT2D eigenvalue weighted by atomic mass is 16.3. The molecule has 1 atom stereocenters. The van der Waals surface area contributed by atoms with Gasteiger partial charge in [0.2, 0.25) is 5.91 Å². The first-order valence-corrected chi connectivity index (χ1v) is 9.58. The molecule has 0 aromatic heterocycles. The standard InChI is InChI=1S/C20H32N2O6/c23-12-8-21(9-13-24)7-6-19(27)18(16-17-4-2-1-3-5-17)20(28)22(10-14-25)11-15-26/h1-5,18,23-26H,6-16H2/t18-/m0/s1. The molecule has 0 fully saturated rings. The summed E-state index contributed by atoms with van der Waals surface area (Å²) in [4.78, 5) is 28.9. The lowest BCUT2D eigenvalue weighted by Gasteiger charge is -2.27. The lowest BCUT2D eigenvalue weighted by Crippen LogP contribution is -2.44. The molecule has 0 radical (unpaired) electrons. The van der Waals surface area contributed by atoms with E-state index in [0.717, 1.165) is 5.56 Å². The van der Waals surface area contributed by atoms with E-state index in [1.54, 1.807) is 4.90 Å². The monoisotopic (exact) mass is 396 g/mol. The lowest BCUT2D eigenvalue weighted by atomic mass is 9.92. The van der Waals surface area contributed by atoms with Crippen molar-refractivity contribution < 1.29 is 30.0 Å². The largest absolute Gasteiger partial charge is 0.395 e. The Hall–Kier alpha value is -1.84. The Labute approximate surface area is 166 Å². The molecule has 28 heavy (non-hydrogen) atoms. The molecule has 4 N–H and O–H groups in total. The van der Waals surface area contributed by atoms with Crippen molar-refractivity contribution in [1.29, 1.82) is 0 Å². The highest BCUT2D eigenvalue weighted by molar-refractivity contribution is 6.01. The fourth-order valence-electron chi connectivity index (χ4n) is 3.04. The summed E-state index contributed by atoms with van der Waals surface area (Å²) < 4.78 is 0. The molecule has 0 aliphatic carbocycles. The second-order valence-electron chi connectivity index (χ2n) is 6.52. The van der Waals surface area contributed by atoms with Gasteiger partial charge >= 0.3 is 0 Å². The lowest BCUT2D eigenvalue weighted by molar-refractivity contribution is -0.142. The van der Waals surface area contributed by atoms with Gasteiger partial charge < -0.3 is 25.3 Å². The first-order chi connectivity index (χ1) is 13.6. The summed E-state index contributed by atoms with van der Waals surface area (Å²) in [7, 11) is 0. The van der Waals surface area contributed by atoms with Crippen molar-refractivity contribution in [3.8, 4) is 0 Å². The molecular weight excluding hydrogens is 364 g/mol. The van der Waals surface area contributed by atoms with Crippen LogP contribution in [-0.2, 0) is 16.0 Å². The van der Waals surface area contributed by atoms with Crippen LogP contribution in [0.2, 0.25) is 0 Å². The van der Waals surface area contributed by atoms with Crippen molar-refractivity contribution in [2.24, 2.45) is 5.92 Å². The van der Waals surface area contributed by atoms with Crippen LogP contribution in [0, 0.1) is 5.92 Å². The van der Waals surface area contributed by atoms with E-state index in [1.165, 1.54) is 4.90 Å². The van der Waals surface area contributed by atoms with Crippen molar-refractivity contribution in [1.82, 2.24) is 9.80 Å². The Morgan fingerprint density at radius 2 is 1.32 bits per heavy atom. The molecule has 1 aromatic carbocycles. The van der Waals surface area contributed by atoms with Crippen LogP contribution in [0.15, 0.2) is 30.3 Å². The third-order valence-electron chi connectivity index (χ3n) is 4.53. The van der Waals surface area contributed by atoms with Crippen LogP contribution < -0.4 is 0 Å². The molecule has 1 aromatic rings. The molecule has 0 saturated heterocycles. The second-order valence-corrected chi connectivity index (χ2v) is 6.52. The molecule has 0 saturated carbocycles. The number of aliphatic hydroxyl groups excluding tert-OH is 4. The second kappa shape index (κ2) is 14.2. The molecule has 158 valence electrons. The van der Waals surface area contributed by atoms with Gasteiger partial charge in [-0.05, 0) is 12.0 Å². The topological polar surface area (TPSA) is 122 Å². The molecular formula is C20H32N2O6. The summed E-state index contributed by atoms with van der Waals surface area (Å²) in [5, 5.41) is 36.6. The average molecular weight is 396 g/mol. The highest BCUT2D eigenvalue weighted by Crippen LogP contribution is 2.15. The Balaban J connectivity index is 2.91. The van der Waals surface area contributed by atoms with E-state index < -0.39 is 11.8 Å². The minimum absolute atomic E-state index is 0.0547. The smallest absolute Gasteiger partial charge is 0.233 e. The molecule has 1 amide bonds. The molecule has 0 bridgehead atoms. The number of aliphatic hydroxyl groups is 4. The zero-order valence-electron chi connectivity index (χ0n) is 16.2. The van der Waals surface area contributed by atoms with Gasteiger partial charge in [-0.25, -0.2) is 0 Å². The molecule has 0 aliphatic heterocycles. The van der Waals surface area contributed by atoms with Gasteiger partial charge in [0.15, 0.2) is 0 Å². The van der Waals surface area contributed by atoms with Gasteiger partial charge in [-0.1, -0.05) is 30.3 Å². The average Bonchev–Trinajstić information content (AvgIpc) is 2.70. The molecule has 0 spiro atoms. The molecule has 8 heteroatoms. The van der Waals surface area contributed by atoms with Crippen molar-refractivity contribution in [2.45, 2.75) is 12.8 Å². The molecule has 0 unspecified atom stereocenters. The summed E-state index contributed by atoms with van der Waals surface area (Å²) in [5.41, 5.74) is 0.852. The van der Waals surface area contributed by atoms with E-state index in [0.29, 0.717) is 19.6 Å². The quantitative estimate of drug-likeness (QED) is 0.278. The predicted molar refractivity (Wildman–Crippen MR) is 105 cm³/mol. The summed E-state index contributed by atoms with van der Waals surface area (Å²) in [6.45, 7) is 0.454. The number of rotatable bonds is 15. The Morgan fingerprint density at radius 3 is 1.82 bits per heavy atom. The van der Waals surface area contributed by atoms with Crippen LogP contribution in [0.1, 0.15) is 12.0 Å². The number of amides is 1. The normalized spacial score (nSPS) is 12.2. The number of nitrogens with zero attached hydrogens (tertiary/aromatic N) is 2. The number of benzene rings is 1. The third kappa shape index (κ3) is 8.45. The van der Waals surface area contributed by atoms with Crippen molar-refractivity contribution in [3.63, 3.8) is 0 Å². The van der Waals surface area contributed by atoms with Crippen molar-refractivity contribution in [2.75, 3.05) is 59.2 Å². The maximum atomic E-state index is 13.0. The fraction of sp³-hybridized carbons (Fsp3) is 0.600. The van der Waals surface area contributed by atoms with Gasteiger partial charge in [-0.3, -0.25) is 14.5 Å². The van der Waals surface area contributed by atoms with Crippen LogP contribution in [0.5, 0.6) is 0 Å². The summed E-state index contributed by atoms with van der Waals surface area (Å²) >= 11 is 0. The highest BCUT2D eigenvalue weighted by Gasteiger charge is 2.30. The summed E-state index contributed by atoms with van der Waals surface area (Å²) in [5.74, 6) is -1.56. The van der Waals surface area contributed by atoms with Gasteiger partial charge in [0, 0.05) is 39.1 Å². The van der Waals surface area contributed by atoms with E-state index in [2.05, 4.69) is 0 Å². The van der Waals surface area contributed by atoms with Crippen LogP contribution >= 0.6 is 0 Å². The van der Waals surface area contributed by atoms with Gasteiger partial charge in [-0.15, -0.1) is 0 Å². The van der Waals surface area contributed by atoms with Crippen molar-refractivity contribution in [3.05, 3.63) is 35.9 Å². The molecule has 0 heterocycles. The van der Waals surface area contributed by atoms with Gasteiger partial charge in [0.1, 0.15) is 11.7 Å². The maximum Gasteiger partial charge on any atom is 0.233 e. The van der Waals surface area contributed by atoms with Gasteiger partial charge in [0.05, 0.1) is 26.4 Å². The third-order valence-corrected chi connectivity index (χ3v) is 4.53. The molecule has 1 rings (SSSR count). The Morgan fingerprint density at radius 1 is 0.786 bits per heavy atom. The Bertz CT molecular complexity index is 557. The number of ketones is 1. The first-order valence-electron chi connectivity index (χ1n) is 9.58. The number of Topliss-reactive ketones (excluding diaryl/α,β-unsaturated/α-hetero) is 1. The number of hydrogen-bond donors (Lipinski definition) is 4. The van der Waals surface area contributed by atoms with E-state index in [1.807, 2.05) is 30.3 Å². The van der Waals surface area contributed by atoms with Gasteiger partial charge in [0.25, 0.3) is 0 Å². The van der Waals surface area contributed by atoms with Crippen LogP contribution in [0.25, 0.3) is 0 Å². The maximum absolute atomic E-state index is 13.0. The first kappa shape index (κ1) is 24.2. The van der Waals surface area contributed by atoms with Crippen LogP contribution in [0.4, 0.5) is 0 Å². The summed E-state index contributed by atoms with van der Waals surface area (Å²) in [6.07, 6.45) is 0.348. The number of hydrogen-bond acceptors (Lipinski definition) is 7. The van der Waals surface area contributed by atoms with E-state index in [9.17, 15) is 19.8 Å². The molecule has 0 aliphatic rings. The van der Waals surface area contributed by atoms with Crippen LogP contribution in [0.3, 0.4) is 0 Å². The van der Waals surface area contributed by atoms with Crippen molar-refractivity contribution >= 4 is 11.7 Å².